The Labute approximate surface area is 261 Å². The van der Waals surface area contributed by atoms with Crippen LogP contribution in [0, 0.1) is 5.92 Å². The van der Waals surface area contributed by atoms with E-state index in [1.54, 1.807) is 6.08 Å². The van der Waals surface area contributed by atoms with Crippen molar-refractivity contribution in [3.05, 3.63) is 72.4 Å². The number of cyclic esters (lactones) is 1. The summed E-state index contributed by atoms with van der Waals surface area (Å²) in [6.45, 7) is 20.2. The van der Waals surface area contributed by atoms with Gasteiger partial charge in [-0.2, -0.15) is 0 Å². The van der Waals surface area contributed by atoms with Gasteiger partial charge in [-0.05, 0) is 69.5 Å². The van der Waals surface area contributed by atoms with Crippen molar-refractivity contribution in [2.45, 2.75) is 134 Å². The van der Waals surface area contributed by atoms with Gasteiger partial charge in [0.1, 0.15) is 12.2 Å². The van der Waals surface area contributed by atoms with Gasteiger partial charge in [0.05, 0.1) is 31.0 Å². The van der Waals surface area contributed by atoms with Gasteiger partial charge >= 0.3 is 5.97 Å². The number of carbonyl (C=O) groups is 1. The fourth-order valence-electron chi connectivity index (χ4n) is 5.48. The van der Waals surface area contributed by atoms with E-state index in [0.717, 1.165) is 31.3 Å². The van der Waals surface area contributed by atoms with Crippen molar-refractivity contribution in [1.29, 1.82) is 0 Å². The van der Waals surface area contributed by atoms with Gasteiger partial charge in [-0.3, -0.25) is 0 Å². The van der Waals surface area contributed by atoms with Crippen molar-refractivity contribution in [2.75, 3.05) is 6.61 Å². The van der Waals surface area contributed by atoms with Crippen LogP contribution in [0.15, 0.2) is 72.4 Å². The molecule has 43 heavy (non-hydrogen) atoms. The highest BCUT2D eigenvalue weighted by Crippen LogP contribution is 2.38. The predicted octanol–water partition coefficient (Wildman–Crippen LogP) is 7.92. The van der Waals surface area contributed by atoms with Crippen LogP contribution in [0.4, 0.5) is 0 Å². The highest BCUT2D eigenvalue weighted by molar-refractivity contribution is 6.74. The molecule has 1 N–H and O–H groups in total. The van der Waals surface area contributed by atoms with E-state index in [2.05, 4.69) is 78.6 Å². The van der Waals surface area contributed by atoms with Crippen LogP contribution >= 0.6 is 0 Å². The second-order valence-corrected chi connectivity index (χ2v) is 18.9. The number of ether oxygens (including phenoxy) is 3. The van der Waals surface area contributed by atoms with Crippen molar-refractivity contribution in [1.82, 2.24) is 0 Å². The number of rotatable bonds is 5. The summed E-state index contributed by atoms with van der Waals surface area (Å²) in [7, 11) is -2.25. The molecule has 3 aliphatic rings. The molecule has 0 aliphatic carbocycles. The number of esters is 1. The van der Waals surface area contributed by atoms with Gasteiger partial charge in [-0.25, -0.2) is 4.79 Å². The van der Waals surface area contributed by atoms with Crippen LogP contribution in [0.5, 0.6) is 0 Å². The van der Waals surface area contributed by atoms with Crippen LogP contribution in [0.2, 0.25) is 18.1 Å². The molecule has 0 amide bonds. The largest absolute Gasteiger partial charge is 0.456 e. The van der Waals surface area contributed by atoms with Crippen LogP contribution in [0.3, 0.4) is 0 Å². The molecule has 0 saturated carbocycles. The molecule has 3 heterocycles. The summed E-state index contributed by atoms with van der Waals surface area (Å²) in [5.74, 6) is -0.00889. The molecule has 7 heteroatoms. The molecule has 6 nitrogen and oxygen atoms in total. The van der Waals surface area contributed by atoms with E-state index < -0.39 is 32.6 Å². The Bertz CT molecular complexity index is 1080. The van der Waals surface area contributed by atoms with Crippen molar-refractivity contribution in [3.8, 4) is 0 Å². The highest BCUT2D eigenvalue weighted by atomic mass is 28.4. The van der Waals surface area contributed by atoms with Crippen LogP contribution < -0.4 is 0 Å². The molecule has 240 valence electrons. The molecule has 0 unspecified atom stereocenters. The molecule has 0 radical (unpaired) electrons. The van der Waals surface area contributed by atoms with E-state index in [-0.39, 0.29) is 23.4 Å². The maximum atomic E-state index is 13.2. The monoisotopic (exact) mass is 612 g/mol. The Morgan fingerprint density at radius 3 is 2.56 bits per heavy atom. The minimum absolute atomic E-state index is 0.0336. The molecule has 0 fully saturated rings. The average Bonchev–Trinajstić information content (AvgIpc) is 2.89. The normalized spacial score (nSPS) is 32.8. The van der Waals surface area contributed by atoms with Gasteiger partial charge in [0.15, 0.2) is 8.32 Å². The summed E-state index contributed by atoms with van der Waals surface area (Å²) >= 11 is 0. The van der Waals surface area contributed by atoms with Gasteiger partial charge in [-0.15, -0.1) is 0 Å². The lowest BCUT2D eigenvalue weighted by Crippen LogP contribution is -2.47. The molecule has 3 rings (SSSR count). The molecule has 0 saturated heterocycles. The SMILES string of the molecule is C=C1C[C@H](C)C[C@@H]2CC=C[C@@H](C/C=C\C(=O)O[C@H]([C@H](/C=C/[C@@H]3CC(C)=CCO3)O[Si](C)(C)C(C)(C)C)C/C=C/[C@H](O)C1)O2. The lowest BCUT2D eigenvalue weighted by atomic mass is 9.91. The maximum Gasteiger partial charge on any atom is 0.330 e. The molecule has 0 spiro atoms. The summed E-state index contributed by atoms with van der Waals surface area (Å²) in [6, 6.07) is 0. The quantitative estimate of drug-likeness (QED) is 0.193. The molecule has 0 aromatic carbocycles. The van der Waals surface area contributed by atoms with Crippen molar-refractivity contribution >= 4 is 14.3 Å². The van der Waals surface area contributed by atoms with Gasteiger partial charge in [0.25, 0.3) is 0 Å². The Morgan fingerprint density at radius 2 is 1.84 bits per heavy atom. The lowest BCUT2D eigenvalue weighted by Gasteiger charge is -2.40. The van der Waals surface area contributed by atoms with E-state index in [0.29, 0.717) is 31.8 Å². The summed E-state index contributed by atoms with van der Waals surface area (Å²) in [5.41, 5.74) is 2.32. The molecule has 7 atom stereocenters. The lowest BCUT2D eigenvalue weighted by molar-refractivity contribution is -0.146. The Hall–Kier alpha value is -2.03. The third-order valence-electron chi connectivity index (χ3n) is 8.92. The zero-order valence-corrected chi connectivity index (χ0v) is 28.6. The van der Waals surface area contributed by atoms with Crippen LogP contribution in [0.25, 0.3) is 0 Å². The van der Waals surface area contributed by atoms with Gasteiger partial charge in [0.2, 0.25) is 0 Å². The van der Waals surface area contributed by atoms with Crippen LogP contribution in [-0.2, 0) is 23.4 Å². The van der Waals surface area contributed by atoms with Crippen molar-refractivity contribution < 1.29 is 28.5 Å². The molecule has 3 aliphatic heterocycles. The van der Waals surface area contributed by atoms with Crippen LogP contribution in [0.1, 0.15) is 79.6 Å². The van der Waals surface area contributed by atoms with E-state index >= 15 is 0 Å². The first kappa shape index (κ1) is 35.4. The number of aliphatic hydroxyl groups excluding tert-OH is 1. The fourth-order valence-corrected chi connectivity index (χ4v) is 6.75. The van der Waals surface area contributed by atoms with E-state index in [1.165, 1.54) is 11.6 Å². The summed E-state index contributed by atoms with van der Waals surface area (Å²) in [6.07, 6.45) is 20.8. The van der Waals surface area contributed by atoms with Gasteiger partial charge < -0.3 is 23.7 Å². The summed E-state index contributed by atoms with van der Waals surface area (Å²) in [5, 5.41) is 10.8. The zero-order valence-electron chi connectivity index (χ0n) is 27.6. The number of hydrogen-bond donors (Lipinski definition) is 1. The number of aliphatic hydroxyl groups is 1. The highest BCUT2D eigenvalue weighted by Gasteiger charge is 2.41. The maximum absolute atomic E-state index is 13.2. The second kappa shape index (κ2) is 16.3. The van der Waals surface area contributed by atoms with Crippen molar-refractivity contribution in [3.63, 3.8) is 0 Å². The first-order valence-corrected chi connectivity index (χ1v) is 19.0. The first-order valence-electron chi connectivity index (χ1n) is 16.1. The second-order valence-electron chi connectivity index (χ2n) is 14.2. The van der Waals surface area contributed by atoms with E-state index in [4.69, 9.17) is 18.6 Å². The topological polar surface area (TPSA) is 74.2 Å². The molecular weight excluding hydrogens is 556 g/mol. The summed E-state index contributed by atoms with van der Waals surface area (Å²) < 4.78 is 25.3. The Balaban J connectivity index is 1.89. The Kier molecular flexibility index (Phi) is 13.5. The van der Waals surface area contributed by atoms with Gasteiger partial charge in [0, 0.05) is 12.5 Å². The minimum Gasteiger partial charge on any atom is -0.456 e. The third kappa shape index (κ3) is 12.1. The third-order valence-corrected chi connectivity index (χ3v) is 13.4. The Morgan fingerprint density at radius 1 is 1.09 bits per heavy atom. The minimum atomic E-state index is -2.25. The fraction of sp³-hybridized carbons (Fsp3) is 0.639. The average molecular weight is 613 g/mol. The van der Waals surface area contributed by atoms with E-state index in [9.17, 15) is 9.90 Å². The standard InChI is InChI=1S/C36H56O6Si/c1-26-20-21-39-31(24-26)18-19-34(42-43(7,8)36(4,5)6)33-16-9-12-29(37)23-27(2)22-28(3)25-32-15-10-13-30(40-32)14-11-17-35(38)41-33/h9-13,17-20,28-34,37H,2,14-16,21-25H2,1,3-8H3/b12-9+,17-11-,19-18+/t28-,29-,30-,31+,32-,33-,34-/m0/s1. The number of hydrogen-bond acceptors (Lipinski definition) is 6. The molecule has 2 bridgehead atoms. The predicted molar refractivity (Wildman–Crippen MR) is 177 cm³/mol. The van der Waals surface area contributed by atoms with Crippen LogP contribution in [-0.4, -0.2) is 62.6 Å². The molecular formula is C36H56O6Si. The van der Waals surface area contributed by atoms with Gasteiger partial charge in [-0.1, -0.05) is 94.0 Å². The zero-order chi connectivity index (χ0) is 31.6. The first-order chi connectivity index (χ1) is 20.2. The smallest absolute Gasteiger partial charge is 0.330 e. The van der Waals surface area contributed by atoms with Crippen molar-refractivity contribution in [2.24, 2.45) is 5.92 Å². The van der Waals surface area contributed by atoms with E-state index in [1.807, 2.05) is 18.2 Å². The number of fused-ring (bicyclic) bond motifs is 2. The molecule has 0 aromatic rings. The summed E-state index contributed by atoms with van der Waals surface area (Å²) in [4.78, 5) is 13.2. The molecule has 0 aromatic heterocycles. The number of carbonyl (C=O) groups excluding carboxylic acids is 1.